The van der Waals surface area contributed by atoms with Crippen LogP contribution >= 0.6 is 0 Å². The molecule has 0 spiro atoms. The number of methoxy groups -OCH3 is 1. The van der Waals surface area contributed by atoms with E-state index in [0.717, 1.165) is 11.3 Å². The molecule has 2 aromatic carbocycles. The number of hydrogen-bond acceptors (Lipinski definition) is 5. The zero-order valence-electron chi connectivity index (χ0n) is 12.9. The second kappa shape index (κ2) is 6.78. The van der Waals surface area contributed by atoms with Crippen molar-refractivity contribution in [3.8, 4) is 17.1 Å². The van der Waals surface area contributed by atoms with Crippen LogP contribution in [0, 0.1) is 0 Å². The molecule has 3 rings (SSSR count). The molecule has 24 heavy (non-hydrogen) atoms. The molecule has 6 heteroatoms. The lowest BCUT2D eigenvalue weighted by atomic mass is 10.2. The number of carboxylic acids is 1. The van der Waals surface area contributed by atoms with Gasteiger partial charge in [0.15, 0.2) is 5.82 Å². The van der Waals surface area contributed by atoms with Gasteiger partial charge in [-0.1, -0.05) is 30.3 Å². The van der Waals surface area contributed by atoms with Gasteiger partial charge in [0.25, 0.3) is 0 Å². The summed E-state index contributed by atoms with van der Waals surface area (Å²) in [5.41, 5.74) is 1.49. The molecule has 1 aromatic heterocycles. The van der Waals surface area contributed by atoms with Gasteiger partial charge in [-0.15, -0.1) is 0 Å². The highest BCUT2D eigenvalue weighted by Gasteiger charge is 2.15. The van der Waals surface area contributed by atoms with E-state index in [1.165, 1.54) is 6.20 Å². The zero-order chi connectivity index (χ0) is 16.9. The van der Waals surface area contributed by atoms with Gasteiger partial charge in [0.1, 0.15) is 17.1 Å². The second-order valence-electron chi connectivity index (χ2n) is 4.98. The number of nitrogens with zero attached hydrogens (tertiary/aromatic N) is 2. The SMILES string of the molecule is COc1cccc(-c2ncc(C(=O)O)c(Nc3ccccc3)n2)c1. The third kappa shape index (κ3) is 3.33. The predicted octanol–water partition coefficient (Wildman–Crippen LogP) is 3.59. The largest absolute Gasteiger partial charge is 0.497 e. The van der Waals surface area contributed by atoms with E-state index >= 15 is 0 Å². The van der Waals surface area contributed by atoms with Gasteiger partial charge in [0, 0.05) is 17.4 Å². The first-order valence-corrected chi connectivity index (χ1v) is 7.24. The standard InChI is InChI=1S/C18H15N3O3/c1-24-14-9-5-6-12(10-14)16-19-11-15(18(22)23)17(21-16)20-13-7-3-2-4-8-13/h2-11H,1H3,(H,22,23)(H,19,20,21). The monoisotopic (exact) mass is 321 g/mol. The summed E-state index contributed by atoms with van der Waals surface area (Å²) in [6.07, 6.45) is 1.30. The lowest BCUT2D eigenvalue weighted by Crippen LogP contribution is -2.07. The van der Waals surface area contributed by atoms with E-state index in [-0.39, 0.29) is 11.4 Å². The summed E-state index contributed by atoms with van der Waals surface area (Å²) in [7, 11) is 1.58. The smallest absolute Gasteiger partial charge is 0.341 e. The summed E-state index contributed by atoms with van der Waals surface area (Å²) in [6, 6.07) is 16.5. The first-order valence-electron chi connectivity index (χ1n) is 7.24. The Kier molecular flexibility index (Phi) is 4.38. The van der Waals surface area contributed by atoms with E-state index in [1.54, 1.807) is 13.2 Å². The molecule has 0 aliphatic heterocycles. The molecule has 6 nitrogen and oxygen atoms in total. The Morgan fingerprint density at radius 1 is 1.12 bits per heavy atom. The Bertz CT molecular complexity index is 866. The van der Waals surface area contributed by atoms with Crippen molar-refractivity contribution in [2.45, 2.75) is 0 Å². The molecule has 120 valence electrons. The number of anilines is 2. The van der Waals surface area contributed by atoms with Gasteiger partial charge < -0.3 is 15.2 Å². The van der Waals surface area contributed by atoms with E-state index in [9.17, 15) is 9.90 Å². The van der Waals surface area contributed by atoms with Crippen molar-refractivity contribution in [2.24, 2.45) is 0 Å². The number of carboxylic acid groups (broad SMARTS) is 1. The van der Waals surface area contributed by atoms with E-state index in [4.69, 9.17) is 4.74 Å². The van der Waals surface area contributed by atoms with E-state index < -0.39 is 5.97 Å². The Morgan fingerprint density at radius 3 is 2.62 bits per heavy atom. The predicted molar refractivity (Wildman–Crippen MR) is 90.7 cm³/mol. The van der Waals surface area contributed by atoms with Crippen molar-refractivity contribution in [3.05, 3.63) is 66.4 Å². The molecule has 0 radical (unpaired) electrons. The minimum atomic E-state index is -1.09. The summed E-state index contributed by atoms with van der Waals surface area (Å²) in [5, 5.41) is 12.4. The van der Waals surface area contributed by atoms with Crippen molar-refractivity contribution >= 4 is 17.5 Å². The van der Waals surface area contributed by atoms with Gasteiger partial charge >= 0.3 is 5.97 Å². The number of nitrogens with one attached hydrogen (secondary N) is 1. The average Bonchev–Trinajstić information content (AvgIpc) is 2.62. The van der Waals surface area contributed by atoms with E-state index in [2.05, 4.69) is 15.3 Å². The van der Waals surface area contributed by atoms with Crippen molar-refractivity contribution < 1.29 is 14.6 Å². The van der Waals surface area contributed by atoms with Crippen LogP contribution in [-0.4, -0.2) is 28.2 Å². The minimum absolute atomic E-state index is 0.00509. The average molecular weight is 321 g/mol. The Balaban J connectivity index is 2.03. The van der Waals surface area contributed by atoms with Gasteiger partial charge in [-0.3, -0.25) is 0 Å². The lowest BCUT2D eigenvalue weighted by molar-refractivity contribution is 0.0697. The maximum Gasteiger partial charge on any atom is 0.341 e. The highest BCUT2D eigenvalue weighted by molar-refractivity contribution is 5.94. The molecular formula is C18H15N3O3. The molecule has 0 atom stereocenters. The molecule has 0 fully saturated rings. The molecule has 0 bridgehead atoms. The molecule has 0 saturated carbocycles. The number of aromatic carboxylic acids is 1. The fraction of sp³-hybridized carbons (Fsp3) is 0.0556. The first kappa shape index (κ1) is 15.5. The number of rotatable bonds is 5. The zero-order valence-corrected chi connectivity index (χ0v) is 12.9. The topological polar surface area (TPSA) is 84.3 Å². The van der Waals surface area contributed by atoms with Crippen molar-refractivity contribution in [2.75, 3.05) is 12.4 Å². The molecule has 1 heterocycles. The number of aromatic nitrogens is 2. The van der Waals surface area contributed by atoms with E-state index in [0.29, 0.717) is 11.6 Å². The summed E-state index contributed by atoms with van der Waals surface area (Å²) in [5.74, 6) is 0.237. The van der Waals surface area contributed by atoms with Crippen LogP contribution in [-0.2, 0) is 0 Å². The number of hydrogen-bond donors (Lipinski definition) is 2. The number of para-hydroxylation sites is 1. The van der Waals surface area contributed by atoms with Crippen LogP contribution in [0.1, 0.15) is 10.4 Å². The Hall–Kier alpha value is -3.41. The summed E-state index contributed by atoms with van der Waals surface area (Å²) >= 11 is 0. The first-order chi connectivity index (χ1) is 11.7. The summed E-state index contributed by atoms with van der Waals surface area (Å²) < 4.78 is 5.20. The maximum absolute atomic E-state index is 11.4. The molecule has 0 unspecified atom stereocenters. The van der Waals surface area contributed by atoms with Crippen molar-refractivity contribution in [1.82, 2.24) is 9.97 Å². The molecule has 0 aliphatic carbocycles. The molecule has 2 N–H and O–H groups in total. The Labute approximate surface area is 138 Å². The van der Waals surface area contributed by atoms with Gasteiger partial charge in [0.2, 0.25) is 0 Å². The van der Waals surface area contributed by atoms with Crippen LogP contribution in [0.25, 0.3) is 11.4 Å². The van der Waals surface area contributed by atoms with Crippen molar-refractivity contribution in [3.63, 3.8) is 0 Å². The van der Waals surface area contributed by atoms with Crippen molar-refractivity contribution in [1.29, 1.82) is 0 Å². The van der Waals surface area contributed by atoms with Gasteiger partial charge in [-0.25, -0.2) is 14.8 Å². The minimum Gasteiger partial charge on any atom is -0.497 e. The van der Waals surface area contributed by atoms with Gasteiger partial charge in [0.05, 0.1) is 7.11 Å². The van der Waals surface area contributed by atoms with Crippen LogP contribution in [0.4, 0.5) is 11.5 Å². The van der Waals surface area contributed by atoms with Gasteiger partial charge in [-0.2, -0.15) is 0 Å². The van der Waals surface area contributed by atoms with Crippen LogP contribution in [0.15, 0.2) is 60.8 Å². The number of carbonyl (C=O) groups is 1. The number of ether oxygens (including phenoxy) is 1. The van der Waals surface area contributed by atoms with E-state index in [1.807, 2.05) is 48.5 Å². The number of benzene rings is 2. The van der Waals surface area contributed by atoms with Crippen LogP contribution in [0.3, 0.4) is 0 Å². The summed E-state index contributed by atoms with van der Waals surface area (Å²) in [4.78, 5) is 20.0. The quantitative estimate of drug-likeness (QED) is 0.747. The second-order valence-corrected chi connectivity index (χ2v) is 4.98. The molecule has 0 saturated heterocycles. The maximum atomic E-state index is 11.4. The van der Waals surface area contributed by atoms with Crippen LogP contribution < -0.4 is 10.1 Å². The van der Waals surface area contributed by atoms with Crippen LogP contribution in [0.5, 0.6) is 5.75 Å². The molecule has 0 aliphatic rings. The fourth-order valence-corrected chi connectivity index (χ4v) is 2.19. The molecule has 0 amide bonds. The van der Waals surface area contributed by atoms with Gasteiger partial charge in [-0.05, 0) is 24.3 Å². The highest BCUT2D eigenvalue weighted by Crippen LogP contribution is 2.25. The normalized spacial score (nSPS) is 10.2. The summed E-state index contributed by atoms with van der Waals surface area (Å²) in [6.45, 7) is 0. The van der Waals surface area contributed by atoms with Crippen LogP contribution in [0.2, 0.25) is 0 Å². The molecule has 3 aromatic rings. The third-order valence-corrected chi connectivity index (χ3v) is 3.38. The lowest BCUT2D eigenvalue weighted by Gasteiger charge is -2.10. The highest BCUT2D eigenvalue weighted by atomic mass is 16.5. The molecular weight excluding hydrogens is 306 g/mol. The Morgan fingerprint density at radius 2 is 1.92 bits per heavy atom. The fourth-order valence-electron chi connectivity index (χ4n) is 2.19. The third-order valence-electron chi connectivity index (χ3n) is 3.38.